The number of ether oxygens (including phenoxy) is 1. The number of benzene rings is 2. The van der Waals surface area contributed by atoms with Crippen molar-refractivity contribution in [2.24, 2.45) is 0 Å². The lowest BCUT2D eigenvalue weighted by molar-refractivity contribution is -0.259. The topological polar surface area (TPSA) is 69.9 Å². The number of aliphatic hydroxyl groups is 2. The first-order valence-corrected chi connectivity index (χ1v) is 8.99. The molecular weight excluding hydrogens is 378 g/mol. The van der Waals surface area contributed by atoms with Crippen molar-refractivity contribution in [2.45, 2.75) is 44.0 Å². The lowest BCUT2D eigenvalue weighted by Gasteiger charge is -2.39. The second kappa shape index (κ2) is 7.72. The molecule has 3 rings (SSSR count). The number of aliphatic hydroxyl groups excluding tert-OH is 2. The highest BCUT2D eigenvalue weighted by Crippen LogP contribution is 2.43. The van der Waals surface area contributed by atoms with E-state index in [0.29, 0.717) is 17.0 Å². The molecule has 1 saturated heterocycles. The Labute approximate surface area is 161 Å². The highest BCUT2D eigenvalue weighted by atomic mass is 35.5. The standard InChI is InChI=1S/C20H21ClF2O4/c1-11-2-4-12(5-3-11)6-13-7-14(16(25)8-15(13)21)17-9-18(26)20(22,23)19(10-24)27-17/h2-5,7-8,17-19,24-26H,6,9-10H2,1H3. The van der Waals surface area contributed by atoms with Crippen LogP contribution in [0, 0.1) is 6.92 Å². The predicted octanol–water partition coefficient (Wildman–Crippen LogP) is 3.76. The molecule has 0 spiro atoms. The van der Waals surface area contributed by atoms with Crippen LogP contribution >= 0.6 is 11.6 Å². The van der Waals surface area contributed by atoms with Gasteiger partial charge in [0.05, 0.1) is 12.7 Å². The Morgan fingerprint density at radius 1 is 1.22 bits per heavy atom. The Kier molecular flexibility index (Phi) is 5.72. The molecule has 3 atom stereocenters. The highest BCUT2D eigenvalue weighted by Gasteiger charge is 2.53. The van der Waals surface area contributed by atoms with Gasteiger partial charge < -0.3 is 20.1 Å². The molecule has 2 aromatic rings. The Morgan fingerprint density at radius 3 is 2.52 bits per heavy atom. The van der Waals surface area contributed by atoms with E-state index in [0.717, 1.165) is 11.1 Å². The number of alkyl halides is 2. The smallest absolute Gasteiger partial charge is 0.301 e. The fraction of sp³-hybridized carbons (Fsp3) is 0.400. The van der Waals surface area contributed by atoms with Crippen LogP contribution < -0.4 is 0 Å². The van der Waals surface area contributed by atoms with Gasteiger partial charge in [0.1, 0.15) is 18.0 Å². The van der Waals surface area contributed by atoms with Gasteiger partial charge >= 0.3 is 5.92 Å². The van der Waals surface area contributed by atoms with Gasteiger partial charge in [0.25, 0.3) is 0 Å². The number of aryl methyl sites for hydroxylation is 1. The third-order valence-corrected chi connectivity index (χ3v) is 5.21. The number of aromatic hydroxyl groups is 1. The van der Waals surface area contributed by atoms with Gasteiger partial charge in [-0.15, -0.1) is 0 Å². The summed E-state index contributed by atoms with van der Waals surface area (Å²) in [6.07, 6.45) is -4.72. The van der Waals surface area contributed by atoms with E-state index in [-0.39, 0.29) is 11.3 Å². The summed E-state index contributed by atoms with van der Waals surface area (Å²) < 4.78 is 33.1. The van der Waals surface area contributed by atoms with Crippen molar-refractivity contribution in [1.29, 1.82) is 0 Å². The molecule has 1 fully saturated rings. The van der Waals surface area contributed by atoms with Gasteiger partial charge in [-0.25, -0.2) is 8.78 Å². The first-order valence-electron chi connectivity index (χ1n) is 8.61. The summed E-state index contributed by atoms with van der Waals surface area (Å²) in [7, 11) is 0. The zero-order valence-corrected chi connectivity index (χ0v) is 15.5. The summed E-state index contributed by atoms with van der Waals surface area (Å²) >= 11 is 6.24. The molecule has 0 saturated carbocycles. The SMILES string of the molecule is Cc1ccc(Cc2cc(C3CC(O)C(F)(F)C(CO)O3)c(O)cc2Cl)cc1. The van der Waals surface area contributed by atoms with Gasteiger partial charge in [0.15, 0.2) is 0 Å². The average Bonchev–Trinajstić information content (AvgIpc) is 2.61. The van der Waals surface area contributed by atoms with E-state index in [2.05, 4.69) is 0 Å². The molecular formula is C20H21ClF2O4. The number of rotatable bonds is 4. The first-order chi connectivity index (χ1) is 12.7. The van der Waals surface area contributed by atoms with Crippen molar-refractivity contribution in [2.75, 3.05) is 6.61 Å². The van der Waals surface area contributed by atoms with Crippen molar-refractivity contribution in [1.82, 2.24) is 0 Å². The van der Waals surface area contributed by atoms with Crippen molar-refractivity contribution in [3.05, 3.63) is 63.7 Å². The summed E-state index contributed by atoms with van der Waals surface area (Å²) in [6.45, 7) is 1.04. The van der Waals surface area contributed by atoms with Gasteiger partial charge in [-0.3, -0.25) is 0 Å². The van der Waals surface area contributed by atoms with Crippen LogP contribution in [-0.4, -0.2) is 40.1 Å². The molecule has 1 aliphatic rings. The number of phenolic OH excluding ortho intramolecular Hbond substituents is 1. The quantitative estimate of drug-likeness (QED) is 0.733. The number of hydrogen-bond donors (Lipinski definition) is 3. The molecule has 27 heavy (non-hydrogen) atoms. The van der Waals surface area contributed by atoms with E-state index in [9.17, 15) is 24.1 Å². The molecule has 0 amide bonds. The van der Waals surface area contributed by atoms with Crippen LogP contribution in [0.2, 0.25) is 5.02 Å². The van der Waals surface area contributed by atoms with Crippen LogP contribution in [0.4, 0.5) is 8.78 Å². The maximum atomic E-state index is 13.9. The predicted molar refractivity (Wildman–Crippen MR) is 97.4 cm³/mol. The van der Waals surface area contributed by atoms with Crippen LogP contribution in [0.5, 0.6) is 5.75 Å². The van der Waals surface area contributed by atoms with Crippen LogP contribution in [-0.2, 0) is 11.2 Å². The molecule has 0 aromatic heterocycles. The normalized spacial score (nSPS) is 24.7. The third-order valence-electron chi connectivity index (χ3n) is 4.86. The van der Waals surface area contributed by atoms with Gasteiger partial charge in [-0.1, -0.05) is 41.4 Å². The zero-order valence-electron chi connectivity index (χ0n) is 14.7. The van der Waals surface area contributed by atoms with E-state index >= 15 is 0 Å². The first kappa shape index (κ1) is 20.0. The maximum absolute atomic E-state index is 13.9. The molecule has 146 valence electrons. The van der Waals surface area contributed by atoms with Crippen molar-refractivity contribution in [3.8, 4) is 5.75 Å². The van der Waals surface area contributed by atoms with Crippen LogP contribution in [0.25, 0.3) is 0 Å². The van der Waals surface area contributed by atoms with Crippen molar-refractivity contribution in [3.63, 3.8) is 0 Å². The molecule has 1 heterocycles. The largest absolute Gasteiger partial charge is 0.508 e. The van der Waals surface area contributed by atoms with Crippen LogP contribution in [0.3, 0.4) is 0 Å². The minimum atomic E-state index is -3.56. The molecule has 3 unspecified atom stereocenters. The number of phenols is 1. The Morgan fingerprint density at radius 2 is 1.89 bits per heavy atom. The van der Waals surface area contributed by atoms with E-state index in [1.54, 1.807) is 6.07 Å². The monoisotopic (exact) mass is 398 g/mol. The number of halogens is 3. The fourth-order valence-electron chi connectivity index (χ4n) is 3.23. The summed E-state index contributed by atoms with van der Waals surface area (Å²) in [5.74, 6) is -3.76. The molecule has 1 aliphatic heterocycles. The van der Waals surface area contributed by atoms with Crippen molar-refractivity contribution >= 4 is 11.6 Å². The summed E-state index contributed by atoms with van der Waals surface area (Å²) in [6, 6.07) is 10.8. The van der Waals surface area contributed by atoms with E-state index < -0.39 is 37.3 Å². The Bertz CT molecular complexity index is 810. The highest BCUT2D eigenvalue weighted by molar-refractivity contribution is 6.31. The van der Waals surface area contributed by atoms with E-state index in [4.69, 9.17) is 16.3 Å². The Balaban J connectivity index is 1.90. The average molecular weight is 399 g/mol. The van der Waals surface area contributed by atoms with E-state index in [1.165, 1.54) is 6.07 Å². The molecule has 4 nitrogen and oxygen atoms in total. The van der Waals surface area contributed by atoms with Gasteiger partial charge in [-0.2, -0.15) is 0 Å². The molecule has 7 heteroatoms. The fourth-order valence-corrected chi connectivity index (χ4v) is 3.45. The van der Waals surface area contributed by atoms with E-state index in [1.807, 2.05) is 31.2 Å². The summed E-state index contributed by atoms with van der Waals surface area (Å²) in [5, 5.41) is 29.6. The number of hydrogen-bond acceptors (Lipinski definition) is 4. The minimum absolute atomic E-state index is 0.202. The summed E-state index contributed by atoms with van der Waals surface area (Å²) in [5.41, 5.74) is 3.08. The third kappa shape index (κ3) is 4.09. The molecule has 2 aromatic carbocycles. The van der Waals surface area contributed by atoms with Crippen molar-refractivity contribution < 1.29 is 28.8 Å². The Hall–Kier alpha value is -1.73. The molecule has 0 radical (unpaired) electrons. The second-order valence-electron chi connectivity index (χ2n) is 6.89. The zero-order chi connectivity index (χ0) is 19.8. The molecule has 3 N–H and O–H groups in total. The van der Waals surface area contributed by atoms with Crippen LogP contribution in [0.1, 0.15) is 34.8 Å². The second-order valence-corrected chi connectivity index (χ2v) is 7.29. The summed E-state index contributed by atoms with van der Waals surface area (Å²) in [4.78, 5) is 0. The lowest BCUT2D eigenvalue weighted by atomic mass is 9.91. The van der Waals surface area contributed by atoms with Crippen LogP contribution in [0.15, 0.2) is 36.4 Å². The van der Waals surface area contributed by atoms with Gasteiger partial charge in [-0.05, 0) is 36.6 Å². The maximum Gasteiger partial charge on any atom is 0.301 e. The van der Waals surface area contributed by atoms with Gasteiger partial charge in [0.2, 0.25) is 0 Å². The molecule has 0 aliphatic carbocycles. The lowest BCUT2D eigenvalue weighted by Crippen LogP contribution is -2.53. The van der Waals surface area contributed by atoms with Gasteiger partial charge in [0, 0.05) is 17.0 Å². The molecule has 0 bridgehead atoms. The minimum Gasteiger partial charge on any atom is -0.508 e.